The van der Waals surface area contributed by atoms with E-state index in [1.54, 1.807) is 32.4 Å². The molecule has 254 valence electrons. The van der Waals surface area contributed by atoms with Gasteiger partial charge in [0.1, 0.15) is 36.9 Å². The molecule has 0 saturated carbocycles. The van der Waals surface area contributed by atoms with Gasteiger partial charge >= 0.3 is 17.8 Å². The Bertz CT molecular complexity index is 2040. The molecule has 0 aliphatic heterocycles. The molecule has 0 fully saturated rings. The molecule has 0 saturated heterocycles. The van der Waals surface area contributed by atoms with Crippen LogP contribution in [0.25, 0.3) is 10.9 Å². The topological polar surface area (TPSA) is 163 Å². The number of nitrogens with one attached hydrogen (secondary N) is 2. The average molecular weight is 743 g/mol. The van der Waals surface area contributed by atoms with Crippen LogP contribution in [-0.2, 0) is 31.2 Å². The van der Waals surface area contributed by atoms with Crippen molar-refractivity contribution >= 4 is 55.9 Å². The quantitative estimate of drug-likeness (QED) is 0.0678. The third kappa shape index (κ3) is 8.71. The number of halogens is 4. The van der Waals surface area contributed by atoms with Gasteiger partial charge in [-0.2, -0.15) is 13.2 Å². The van der Waals surface area contributed by atoms with Gasteiger partial charge in [0.15, 0.2) is 5.69 Å². The van der Waals surface area contributed by atoms with Crippen molar-refractivity contribution in [2.75, 3.05) is 31.3 Å². The fraction of sp³-hybridized carbons (Fsp3) is 0.226. The van der Waals surface area contributed by atoms with E-state index in [0.717, 1.165) is 12.7 Å². The van der Waals surface area contributed by atoms with Crippen LogP contribution >= 0.6 is 15.9 Å². The van der Waals surface area contributed by atoms with Crippen molar-refractivity contribution in [2.24, 2.45) is 7.05 Å². The van der Waals surface area contributed by atoms with Crippen LogP contribution in [0, 0.1) is 10.1 Å². The number of carbonyl (C=O) groups is 1. The lowest BCUT2D eigenvalue weighted by molar-refractivity contribution is -0.898. The molecule has 18 heteroatoms. The molecule has 4 aromatic heterocycles. The van der Waals surface area contributed by atoms with Crippen LogP contribution in [0.2, 0.25) is 0 Å². The van der Waals surface area contributed by atoms with Crippen LogP contribution < -0.4 is 15.4 Å². The van der Waals surface area contributed by atoms with E-state index in [0.29, 0.717) is 43.8 Å². The SMILES string of the molecule is Cn1c(C(F)(F)F)nc([N+](=O)[O-])c1C[N+](C)(C)C/C=C/C(=O)Nc1cc2c(Nc3ccc(OCc4ccccn4)c(Br)c3)ncnc2cn1. The van der Waals surface area contributed by atoms with Crippen molar-refractivity contribution in [1.82, 2.24) is 29.5 Å². The van der Waals surface area contributed by atoms with Crippen molar-refractivity contribution in [3.8, 4) is 5.75 Å². The minimum absolute atomic E-state index is 0.00447. The molecule has 0 radical (unpaired) electrons. The summed E-state index contributed by atoms with van der Waals surface area (Å²) in [7, 11) is 4.40. The number of aromatic nitrogens is 6. The summed E-state index contributed by atoms with van der Waals surface area (Å²) >= 11 is 3.54. The Labute approximate surface area is 285 Å². The van der Waals surface area contributed by atoms with Gasteiger partial charge in [-0.15, -0.1) is 0 Å². The molecule has 0 spiro atoms. The molecule has 0 atom stereocenters. The lowest BCUT2D eigenvalue weighted by atomic mass is 10.2. The number of anilines is 3. The monoisotopic (exact) mass is 741 g/mol. The van der Waals surface area contributed by atoms with Gasteiger partial charge in [-0.25, -0.2) is 15.0 Å². The van der Waals surface area contributed by atoms with E-state index in [9.17, 15) is 28.1 Å². The first-order valence-electron chi connectivity index (χ1n) is 14.5. The van der Waals surface area contributed by atoms with Crippen molar-refractivity contribution in [2.45, 2.75) is 19.3 Å². The molecule has 14 nitrogen and oxygen atoms in total. The predicted octanol–water partition coefficient (Wildman–Crippen LogP) is 5.94. The first-order valence-corrected chi connectivity index (χ1v) is 15.3. The summed E-state index contributed by atoms with van der Waals surface area (Å²) < 4.78 is 47.2. The van der Waals surface area contributed by atoms with Crippen LogP contribution in [0.3, 0.4) is 0 Å². The van der Waals surface area contributed by atoms with Crippen molar-refractivity contribution in [3.05, 3.63) is 105 Å². The Kier molecular flexibility index (Phi) is 10.2. The van der Waals surface area contributed by atoms with E-state index in [1.165, 1.54) is 24.7 Å². The van der Waals surface area contributed by atoms with Crippen LogP contribution in [0.15, 0.2) is 77.8 Å². The Morgan fingerprint density at radius 2 is 1.94 bits per heavy atom. The van der Waals surface area contributed by atoms with Crippen molar-refractivity contribution in [3.63, 3.8) is 0 Å². The van der Waals surface area contributed by atoms with E-state index >= 15 is 0 Å². The molecule has 0 aliphatic rings. The van der Waals surface area contributed by atoms with Gasteiger partial charge in [-0.1, -0.05) is 6.07 Å². The van der Waals surface area contributed by atoms with E-state index in [1.807, 2.05) is 30.3 Å². The maximum atomic E-state index is 13.3. The Morgan fingerprint density at radius 3 is 2.63 bits per heavy atom. The predicted molar refractivity (Wildman–Crippen MR) is 177 cm³/mol. The highest BCUT2D eigenvalue weighted by molar-refractivity contribution is 9.10. The van der Waals surface area contributed by atoms with Gasteiger partial charge in [0, 0.05) is 30.4 Å². The molecule has 0 unspecified atom stereocenters. The van der Waals surface area contributed by atoms with Gasteiger partial charge in [0.25, 0.3) is 0 Å². The smallest absolute Gasteiger partial charge is 0.475 e. The molecule has 0 bridgehead atoms. The number of benzene rings is 1. The molecule has 1 amide bonds. The fourth-order valence-corrected chi connectivity index (χ4v) is 5.27. The second-order valence-electron chi connectivity index (χ2n) is 11.4. The number of pyridine rings is 2. The summed E-state index contributed by atoms with van der Waals surface area (Å²) in [6.45, 7) is 0.312. The van der Waals surface area contributed by atoms with Gasteiger partial charge < -0.3 is 30.0 Å². The standard InChI is InChI=1S/C31H28BrF3N10O4/c1-43-24(29(44(47)48)42-30(43)31(33,34)35)16-45(2,3)12-6-8-27(46)41-26-14-21-23(15-37-26)38-18-39-28(21)40-19-9-10-25(22(32)13-19)49-17-20-7-4-5-11-36-20/h4-11,13-15,18H,12,16-17H2,1-3H3,(H-,37,38,39,40,41,46)/p+1/b8-6+. The maximum Gasteiger partial charge on any atom is 0.475 e. The van der Waals surface area contributed by atoms with Gasteiger partial charge in [0.2, 0.25) is 5.91 Å². The van der Waals surface area contributed by atoms with Crippen LogP contribution in [-0.4, -0.2) is 65.4 Å². The van der Waals surface area contributed by atoms with Gasteiger partial charge in [-0.3, -0.25) is 14.3 Å². The molecule has 5 aromatic rings. The number of nitrogens with zero attached hydrogens (tertiary/aromatic N) is 8. The first kappa shape index (κ1) is 34.8. The molecule has 5 rings (SSSR count). The number of fused-ring (bicyclic) bond motifs is 1. The highest BCUT2D eigenvalue weighted by Gasteiger charge is 2.45. The highest BCUT2D eigenvalue weighted by atomic mass is 79.9. The van der Waals surface area contributed by atoms with Crippen LogP contribution in [0.4, 0.5) is 36.3 Å². The second kappa shape index (κ2) is 14.3. The summed E-state index contributed by atoms with van der Waals surface area (Å²) in [5.41, 5.74) is 1.83. The van der Waals surface area contributed by atoms with E-state index in [4.69, 9.17) is 4.74 Å². The molecular formula is C31H29BrF3N10O4+. The summed E-state index contributed by atoms with van der Waals surface area (Å²) in [5, 5.41) is 17.9. The van der Waals surface area contributed by atoms with E-state index in [-0.39, 0.29) is 29.1 Å². The molecule has 49 heavy (non-hydrogen) atoms. The minimum Gasteiger partial charge on any atom is -0.486 e. The minimum atomic E-state index is -4.86. The zero-order chi connectivity index (χ0) is 35.3. The van der Waals surface area contributed by atoms with Crippen molar-refractivity contribution < 1.29 is 32.1 Å². The summed E-state index contributed by atoms with van der Waals surface area (Å²) in [6.07, 6.45) is 2.48. The molecule has 0 aliphatic carbocycles. The van der Waals surface area contributed by atoms with Gasteiger partial charge in [0.05, 0.1) is 42.5 Å². The number of rotatable bonds is 12. The Hall–Kier alpha value is -5.49. The average Bonchev–Trinajstić information content (AvgIpc) is 3.37. The van der Waals surface area contributed by atoms with Crippen LogP contribution in [0.5, 0.6) is 5.75 Å². The highest BCUT2D eigenvalue weighted by Crippen LogP contribution is 2.34. The lowest BCUT2D eigenvalue weighted by Crippen LogP contribution is -2.39. The second-order valence-corrected chi connectivity index (χ2v) is 12.2. The molecular weight excluding hydrogens is 713 g/mol. The number of imidazole rings is 1. The summed E-state index contributed by atoms with van der Waals surface area (Å²) in [4.78, 5) is 43.6. The summed E-state index contributed by atoms with van der Waals surface area (Å²) in [5.74, 6) is -1.43. The number of alkyl halides is 3. The Morgan fingerprint density at radius 1 is 1.14 bits per heavy atom. The zero-order valence-corrected chi connectivity index (χ0v) is 27.9. The van der Waals surface area contributed by atoms with Crippen LogP contribution in [0.1, 0.15) is 17.2 Å². The lowest BCUT2D eigenvalue weighted by Gasteiger charge is -2.28. The zero-order valence-electron chi connectivity index (χ0n) is 26.3. The number of amides is 1. The largest absolute Gasteiger partial charge is 0.486 e. The van der Waals surface area contributed by atoms with E-state index < -0.39 is 28.6 Å². The number of carbonyl (C=O) groups excluding carboxylic acids is 1. The maximum absolute atomic E-state index is 13.3. The fourth-order valence-electron chi connectivity index (χ4n) is 4.77. The third-order valence-corrected chi connectivity index (χ3v) is 7.75. The number of hydrogen-bond acceptors (Lipinski definition) is 10. The molecule has 1 aromatic carbocycles. The third-order valence-electron chi connectivity index (χ3n) is 7.13. The molecule has 2 N–H and O–H groups in total. The number of quaternary nitrogens is 1. The number of likely N-dealkylation sites (N-methyl/N-ethyl adjacent to an activating group) is 1. The van der Waals surface area contributed by atoms with Crippen molar-refractivity contribution in [1.29, 1.82) is 0 Å². The number of hydrogen-bond donors (Lipinski definition) is 2. The Balaban J connectivity index is 1.24. The number of ether oxygens (including phenoxy) is 1. The van der Waals surface area contributed by atoms with Gasteiger partial charge in [-0.05, 0) is 68.3 Å². The number of nitro groups is 1. The van der Waals surface area contributed by atoms with E-state index in [2.05, 4.69) is 51.5 Å². The normalized spacial score (nSPS) is 12.0. The summed E-state index contributed by atoms with van der Waals surface area (Å²) in [6, 6.07) is 12.7. The first-order chi connectivity index (χ1) is 23.2. The molecule has 4 heterocycles.